The van der Waals surface area contributed by atoms with Gasteiger partial charge in [0, 0.05) is 12.7 Å². The van der Waals surface area contributed by atoms with Crippen LogP contribution in [0, 0.1) is 0 Å². The lowest BCUT2D eigenvalue weighted by Gasteiger charge is -2.18. The van der Waals surface area contributed by atoms with E-state index >= 15 is 0 Å². The molecule has 19 heavy (non-hydrogen) atoms. The Morgan fingerprint density at radius 1 is 1.47 bits per heavy atom. The molecule has 1 rings (SSSR count). The molecule has 6 nitrogen and oxygen atoms in total. The Morgan fingerprint density at radius 3 is 2.53 bits per heavy atom. The molecule has 9 heteroatoms. The molecule has 3 N–H and O–H groups in total. The number of carboxylic acid groups (broad SMARTS) is 1. The van der Waals surface area contributed by atoms with Crippen molar-refractivity contribution in [1.82, 2.24) is 4.31 Å². The van der Waals surface area contributed by atoms with Crippen molar-refractivity contribution in [2.45, 2.75) is 11.3 Å². The molecular weight excluding hydrogens is 282 g/mol. The standard InChI is InChI=1S/C10H12F2N2O4S/c1-14(5-9(11)12)19(17,18)8-3-2-6(13)4-7(8)10(15)16/h2-4,9H,5,13H2,1H3,(H,15,16). The highest BCUT2D eigenvalue weighted by molar-refractivity contribution is 7.89. The Labute approximate surface area is 108 Å². The average molecular weight is 294 g/mol. The Bertz CT molecular complexity index is 589. The zero-order chi connectivity index (χ0) is 14.8. The van der Waals surface area contributed by atoms with E-state index in [9.17, 15) is 22.0 Å². The first-order valence-electron chi connectivity index (χ1n) is 5.03. The van der Waals surface area contributed by atoms with Crippen LogP contribution < -0.4 is 5.73 Å². The second-order valence-electron chi connectivity index (χ2n) is 3.74. The fourth-order valence-corrected chi connectivity index (χ4v) is 2.71. The highest BCUT2D eigenvalue weighted by atomic mass is 32.2. The number of nitrogens with zero attached hydrogens (tertiary/aromatic N) is 1. The zero-order valence-corrected chi connectivity index (χ0v) is 10.7. The molecule has 0 aliphatic rings. The van der Waals surface area contributed by atoms with Gasteiger partial charge in [0.25, 0.3) is 6.43 Å². The normalized spacial score (nSPS) is 12.1. The van der Waals surface area contributed by atoms with Crippen LogP contribution in [0.1, 0.15) is 10.4 Å². The topological polar surface area (TPSA) is 101 Å². The third-order valence-corrected chi connectivity index (χ3v) is 4.20. The minimum atomic E-state index is -4.31. The van der Waals surface area contributed by atoms with Gasteiger partial charge in [-0.25, -0.2) is 22.0 Å². The fourth-order valence-electron chi connectivity index (χ4n) is 1.40. The number of nitrogens with two attached hydrogens (primary N) is 1. The number of aromatic carboxylic acids is 1. The molecule has 0 saturated carbocycles. The van der Waals surface area contributed by atoms with Crippen molar-refractivity contribution in [3.8, 4) is 0 Å². The first kappa shape index (κ1) is 15.3. The van der Waals surface area contributed by atoms with Crippen molar-refractivity contribution in [3.05, 3.63) is 23.8 Å². The Balaban J connectivity index is 3.33. The van der Waals surface area contributed by atoms with Gasteiger partial charge in [-0.15, -0.1) is 0 Å². The number of halogens is 2. The predicted octanol–water partition coefficient (Wildman–Crippen LogP) is 0.853. The lowest BCUT2D eigenvalue weighted by molar-refractivity contribution is 0.0692. The smallest absolute Gasteiger partial charge is 0.337 e. The van der Waals surface area contributed by atoms with Gasteiger partial charge in [-0.3, -0.25) is 0 Å². The summed E-state index contributed by atoms with van der Waals surface area (Å²) in [5.74, 6) is -1.50. The summed E-state index contributed by atoms with van der Waals surface area (Å²) in [6, 6.07) is 3.14. The molecule has 1 aromatic carbocycles. The number of benzene rings is 1. The van der Waals surface area contributed by atoms with Crippen LogP contribution >= 0.6 is 0 Å². The van der Waals surface area contributed by atoms with Crippen LogP contribution in [0.5, 0.6) is 0 Å². The number of alkyl halides is 2. The molecule has 0 aliphatic heterocycles. The second kappa shape index (κ2) is 5.49. The summed E-state index contributed by atoms with van der Waals surface area (Å²) in [5, 5.41) is 8.93. The quantitative estimate of drug-likeness (QED) is 0.784. The number of sulfonamides is 1. The largest absolute Gasteiger partial charge is 0.478 e. The summed E-state index contributed by atoms with van der Waals surface area (Å²) >= 11 is 0. The van der Waals surface area contributed by atoms with Gasteiger partial charge in [-0.1, -0.05) is 0 Å². The van der Waals surface area contributed by atoms with E-state index in [1.54, 1.807) is 0 Å². The first-order valence-corrected chi connectivity index (χ1v) is 6.47. The maximum Gasteiger partial charge on any atom is 0.337 e. The molecule has 0 spiro atoms. The van der Waals surface area contributed by atoms with Gasteiger partial charge < -0.3 is 10.8 Å². The molecule has 106 valence electrons. The lowest BCUT2D eigenvalue weighted by Crippen LogP contribution is -2.32. The summed E-state index contributed by atoms with van der Waals surface area (Å²) in [6.45, 7) is -1.02. The SMILES string of the molecule is CN(CC(F)F)S(=O)(=O)c1ccc(N)cc1C(=O)O. The number of carboxylic acids is 1. The second-order valence-corrected chi connectivity index (χ2v) is 5.75. The summed E-state index contributed by atoms with van der Waals surface area (Å²) in [6.07, 6.45) is -2.86. The van der Waals surface area contributed by atoms with Gasteiger partial charge in [0.15, 0.2) is 0 Å². The number of hydrogen-bond acceptors (Lipinski definition) is 4. The van der Waals surface area contributed by atoms with Crippen LogP contribution in [-0.4, -0.2) is 43.8 Å². The van der Waals surface area contributed by atoms with Crippen molar-refractivity contribution in [2.24, 2.45) is 0 Å². The van der Waals surface area contributed by atoms with Gasteiger partial charge in [0.1, 0.15) is 0 Å². The zero-order valence-electron chi connectivity index (χ0n) is 9.88. The van der Waals surface area contributed by atoms with Crippen molar-refractivity contribution < 1.29 is 27.1 Å². The average Bonchev–Trinajstić information content (AvgIpc) is 2.27. The van der Waals surface area contributed by atoms with Crippen molar-refractivity contribution in [1.29, 1.82) is 0 Å². The van der Waals surface area contributed by atoms with E-state index in [4.69, 9.17) is 10.8 Å². The highest BCUT2D eigenvalue weighted by Crippen LogP contribution is 2.22. The molecular formula is C10H12F2N2O4S. The van der Waals surface area contributed by atoms with E-state index in [0.717, 1.165) is 19.2 Å². The number of hydrogen-bond donors (Lipinski definition) is 2. The summed E-state index contributed by atoms with van der Waals surface area (Å²) in [4.78, 5) is 10.4. The Kier molecular flexibility index (Phi) is 4.43. The molecule has 0 radical (unpaired) electrons. The Hall–Kier alpha value is -1.74. The first-order chi connectivity index (χ1) is 8.66. The third-order valence-electron chi connectivity index (χ3n) is 2.32. The van der Waals surface area contributed by atoms with Gasteiger partial charge in [0.2, 0.25) is 10.0 Å². The highest BCUT2D eigenvalue weighted by Gasteiger charge is 2.28. The summed E-state index contributed by atoms with van der Waals surface area (Å²) in [5.41, 5.74) is 4.88. The van der Waals surface area contributed by atoms with Crippen LogP contribution in [0.3, 0.4) is 0 Å². The van der Waals surface area contributed by atoms with Crippen LogP contribution in [-0.2, 0) is 10.0 Å². The van der Waals surface area contributed by atoms with Gasteiger partial charge >= 0.3 is 5.97 Å². The number of nitrogen functional groups attached to an aromatic ring is 1. The van der Waals surface area contributed by atoms with E-state index < -0.39 is 39.4 Å². The van der Waals surface area contributed by atoms with Gasteiger partial charge in [0.05, 0.1) is 17.0 Å². The predicted molar refractivity (Wildman–Crippen MR) is 63.6 cm³/mol. The molecule has 0 aliphatic carbocycles. The van der Waals surface area contributed by atoms with Gasteiger partial charge in [-0.2, -0.15) is 4.31 Å². The molecule has 0 amide bonds. The van der Waals surface area contributed by atoms with Crippen molar-refractivity contribution in [3.63, 3.8) is 0 Å². The lowest BCUT2D eigenvalue weighted by atomic mass is 10.2. The van der Waals surface area contributed by atoms with Crippen LogP contribution in [0.15, 0.2) is 23.1 Å². The molecule has 0 heterocycles. The monoisotopic (exact) mass is 294 g/mol. The maximum atomic E-state index is 12.2. The van der Waals surface area contributed by atoms with Crippen molar-refractivity contribution in [2.75, 3.05) is 19.3 Å². The number of rotatable bonds is 5. The number of anilines is 1. The van der Waals surface area contributed by atoms with E-state index in [1.165, 1.54) is 6.07 Å². The van der Waals surface area contributed by atoms with Crippen LogP contribution in [0.4, 0.5) is 14.5 Å². The molecule has 0 fully saturated rings. The van der Waals surface area contributed by atoms with Crippen LogP contribution in [0.2, 0.25) is 0 Å². The maximum absolute atomic E-state index is 12.2. The van der Waals surface area contributed by atoms with Crippen molar-refractivity contribution >= 4 is 21.7 Å². The van der Waals surface area contributed by atoms with E-state index in [2.05, 4.69) is 0 Å². The van der Waals surface area contributed by atoms with Gasteiger partial charge in [-0.05, 0) is 18.2 Å². The third kappa shape index (κ3) is 3.38. The summed E-state index contributed by atoms with van der Waals surface area (Å²) in [7, 11) is -3.36. The Morgan fingerprint density at radius 2 is 2.05 bits per heavy atom. The minimum absolute atomic E-state index is 0.0628. The molecule has 0 bridgehead atoms. The molecule has 1 aromatic rings. The molecule has 0 atom stereocenters. The molecule has 0 aromatic heterocycles. The molecule has 0 unspecified atom stereocenters. The summed E-state index contributed by atoms with van der Waals surface area (Å²) < 4.78 is 48.8. The van der Waals surface area contributed by atoms with Crippen LogP contribution in [0.25, 0.3) is 0 Å². The van der Waals surface area contributed by atoms with E-state index in [0.29, 0.717) is 4.31 Å². The fraction of sp³-hybridized carbons (Fsp3) is 0.300. The van der Waals surface area contributed by atoms with E-state index in [-0.39, 0.29) is 5.69 Å². The minimum Gasteiger partial charge on any atom is -0.478 e. The molecule has 0 saturated heterocycles. The number of carbonyl (C=O) groups is 1. The van der Waals surface area contributed by atoms with E-state index in [1.807, 2.05) is 0 Å².